The topological polar surface area (TPSA) is 156 Å². The Kier molecular flexibility index (Phi) is 36.2. The predicted octanol–water partition coefficient (Wildman–Crippen LogP) is 7.00. The van der Waals surface area contributed by atoms with Crippen molar-refractivity contribution in [2.45, 2.75) is 175 Å². The molecule has 0 aliphatic rings. The van der Waals surface area contributed by atoms with E-state index in [-0.39, 0.29) is 68.7 Å². The number of rotatable bonds is 42. The summed E-state index contributed by atoms with van der Waals surface area (Å²) in [6, 6.07) is 0. The van der Waals surface area contributed by atoms with E-state index in [9.17, 15) is 8.42 Å². The maximum atomic E-state index is 10.5. The van der Waals surface area contributed by atoms with Crippen molar-refractivity contribution in [2.75, 3.05) is 85.9 Å². The van der Waals surface area contributed by atoms with Crippen LogP contribution in [0.5, 0.6) is 0 Å². The van der Waals surface area contributed by atoms with Crippen LogP contribution in [0.2, 0.25) is 0 Å². The molecule has 0 heterocycles. The molecule has 0 saturated carbocycles. The third kappa shape index (κ3) is 40.1. The molecule has 0 amide bonds. The maximum absolute atomic E-state index is 10.5. The van der Waals surface area contributed by atoms with Gasteiger partial charge in [0.1, 0.15) is 0 Å². The summed E-state index contributed by atoms with van der Waals surface area (Å²) in [5, 5.41) is 0. The van der Waals surface area contributed by atoms with Gasteiger partial charge in [-0.25, -0.2) is 4.18 Å². The highest BCUT2D eigenvalue weighted by molar-refractivity contribution is 7.80. The van der Waals surface area contributed by atoms with Crippen molar-refractivity contribution in [1.29, 1.82) is 0 Å². The molecule has 0 saturated heterocycles. The zero-order chi connectivity index (χ0) is 41.2. The first-order chi connectivity index (χ1) is 26.2. The summed E-state index contributed by atoms with van der Waals surface area (Å²) >= 11 is 0. The lowest BCUT2D eigenvalue weighted by atomic mass is 10.1. The molecule has 1 N–H and O–H groups in total. The Morgan fingerprint density at radius 3 is 1.04 bits per heavy atom. The SMILES string of the molecule is CCCCCCCCCCCCOCC(C)OCC(C)OCC(C)OCC(C)OCC(C)OCC(C)OCC(C)OCC(C)OCCOCCOS(=O)(=O)O. The van der Waals surface area contributed by atoms with Gasteiger partial charge in [-0.1, -0.05) is 64.7 Å². The van der Waals surface area contributed by atoms with E-state index in [1.165, 1.54) is 57.8 Å². The summed E-state index contributed by atoms with van der Waals surface area (Å²) in [6.45, 7) is 22.9. The quantitative estimate of drug-likeness (QED) is 0.0496. The van der Waals surface area contributed by atoms with Crippen LogP contribution in [0.25, 0.3) is 0 Å². The van der Waals surface area contributed by atoms with E-state index in [1.807, 2.05) is 55.4 Å². The number of hydrogen-bond donors (Lipinski definition) is 1. The molecule has 0 aromatic rings. The van der Waals surface area contributed by atoms with Gasteiger partial charge in [-0.05, 0) is 61.8 Å². The van der Waals surface area contributed by atoms with Crippen LogP contribution < -0.4 is 0 Å². The first-order valence-electron chi connectivity index (χ1n) is 20.9. The third-order valence-electron chi connectivity index (χ3n) is 8.39. The van der Waals surface area contributed by atoms with Crippen molar-refractivity contribution >= 4 is 10.4 Å². The highest BCUT2D eigenvalue weighted by Crippen LogP contribution is 2.11. The maximum Gasteiger partial charge on any atom is 0.397 e. The van der Waals surface area contributed by atoms with Crippen molar-refractivity contribution < 1.29 is 64.5 Å². The van der Waals surface area contributed by atoms with Gasteiger partial charge in [-0.2, -0.15) is 8.42 Å². The molecule has 0 rings (SSSR count). The Morgan fingerprint density at radius 1 is 0.364 bits per heavy atom. The van der Waals surface area contributed by atoms with Crippen LogP contribution in [-0.2, 0) is 62.0 Å². The minimum absolute atomic E-state index is 0.0209. The number of hydrogen-bond acceptors (Lipinski definition) is 13. The molecule has 15 heteroatoms. The molecular weight excluding hydrogens is 736 g/mol. The molecule has 332 valence electrons. The zero-order valence-electron chi connectivity index (χ0n) is 36.0. The molecule has 0 aliphatic heterocycles. The molecular formula is C40H82O14S. The molecule has 0 spiro atoms. The highest BCUT2D eigenvalue weighted by Gasteiger charge is 2.15. The minimum Gasteiger partial charge on any atom is -0.379 e. The monoisotopic (exact) mass is 819 g/mol. The van der Waals surface area contributed by atoms with Crippen LogP contribution in [0, 0.1) is 0 Å². The molecule has 0 bridgehead atoms. The normalized spacial score (nSPS) is 16.8. The van der Waals surface area contributed by atoms with Crippen molar-refractivity contribution in [3.05, 3.63) is 0 Å². The molecule has 14 nitrogen and oxygen atoms in total. The Morgan fingerprint density at radius 2 is 0.673 bits per heavy atom. The van der Waals surface area contributed by atoms with E-state index < -0.39 is 10.4 Å². The average Bonchev–Trinajstić information content (AvgIpc) is 3.14. The fourth-order valence-electron chi connectivity index (χ4n) is 5.03. The van der Waals surface area contributed by atoms with Gasteiger partial charge in [-0.3, -0.25) is 4.55 Å². The first-order valence-corrected chi connectivity index (χ1v) is 22.3. The van der Waals surface area contributed by atoms with E-state index in [1.54, 1.807) is 0 Å². The number of unbranched alkanes of at least 4 members (excludes halogenated alkanes) is 9. The van der Waals surface area contributed by atoms with Crippen molar-refractivity contribution in [3.63, 3.8) is 0 Å². The minimum atomic E-state index is -4.45. The van der Waals surface area contributed by atoms with Gasteiger partial charge in [0.15, 0.2) is 0 Å². The lowest BCUT2D eigenvalue weighted by molar-refractivity contribution is -0.110. The number of ether oxygens (including phenoxy) is 10. The summed E-state index contributed by atoms with van der Waals surface area (Å²) in [5.74, 6) is 0. The Hall–Kier alpha value is -0.530. The molecule has 0 aromatic carbocycles. The van der Waals surface area contributed by atoms with Gasteiger partial charge in [0.05, 0.1) is 128 Å². The van der Waals surface area contributed by atoms with Gasteiger partial charge >= 0.3 is 10.4 Å². The Labute approximate surface area is 335 Å². The molecule has 8 atom stereocenters. The Bertz CT molecular complexity index is 930. The lowest BCUT2D eigenvalue weighted by Gasteiger charge is -2.23. The van der Waals surface area contributed by atoms with Crippen LogP contribution in [0.1, 0.15) is 127 Å². The zero-order valence-corrected chi connectivity index (χ0v) is 36.9. The van der Waals surface area contributed by atoms with Crippen LogP contribution in [0.4, 0.5) is 0 Å². The van der Waals surface area contributed by atoms with Crippen molar-refractivity contribution in [2.24, 2.45) is 0 Å². The van der Waals surface area contributed by atoms with Crippen molar-refractivity contribution in [1.82, 2.24) is 0 Å². The lowest BCUT2D eigenvalue weighted by Crippen LogP contribution is -2.30. The van der Waals surface area contributed by atoms with E-state index in [0.717, 1.165) is 13.0 Å². The molecule has 0 radical (unpaired) electrons. The summed E-state index contributed by atoms with van der Waals surface area (Å²) in [6.07, 6.45) is 12.6. The second kappa shape index (κ2) is 36.5. The van der Waals surface area contributed by atoms with Gasteiger partial charge < -0.3 is 47.4 Å². The Balaban J connectivity index is 3.78. The fourth-order valence-corrected chi connectivity index (χ4v) is 5.31. The van der Waals surface area contributed by atoms with Gasteiger partial charge in [-0.15, -0.1) is 0 Å². The highest BCUT2D eigenvalue weighted by atomic mass is 32.3. The van der Waals surface area contributed by atoms with E-state index in [2.05, 4.69) is 11.1 Å². The standard InChI is InChI=1S/C40H82O14S/c1-10-11-12-13-14-15-16-17-18-19-20-45-25-33(2)47-27-35(4)49-29-37(6)51-31-39(8)53-32-40(9)52-30-38(7)50-28-36(5)48-26-34(3)46-23-21-44-22-24-54-55(41,42)43/h33-40H,10-32H2,1-9H3,(H,41,42,43). The second-order valence-electron chi connectivity index (χ2n) is 14.8. The first kappa shape index (κ1) is 54.5. The molecule has 55 heavy (non-hydrogen) atoms. The third-order valence-corrected chi connectivity index (χ3v) is 8.86. The second-order valence-corrected chi connectivity index (χ2v) is 15.9. The average molecular weight is 819 g/mol. The smallest absolute Gasteiger partial charge is 0.379 e. The molecule has 8 unspecified atom stereocenters. The summed E-state index contributed by atoms with van der Waals surface area (Å²) in [4.78, 5) is 0. The van der Waals surface area contributed by atoms with E-state index in [0.29, 0.717) is 59.5 Å². The van der Waals surface area contributed by atoms with Crippen LogP contribution in [0.3, 0.4) is 0 Å². The van der Waals surface area contributed by atoms with Gasteiger partial charge in [0, 0.05) is 6.61 Å². The summed E-state index contributed by atoms with van der Waals surface area (Å²) in [7, 11) is -4.45. The molecule has 0 aromatic heterocycles. The summed E-state index contributed by atoms with van der Waals surface area (Å²) in [5.41, 5.74) is 0. The van der Waals surface area contributed by atoms with Gasteiger partial charge in [0.2, 0.25) is 0 Å². The van der Waals surface area contributed by atoms with Gasteiger partial charge in [0.25, 0.3) is 0 Å². The fraction of sp³-hybridized carbons (Fsp3) is 1.00. The van der Waals surface area contributed by atoms with E-state index >= 15 is 0 Å². The van der Waals surface area contributed by atoms with Crippen molar-refractivity contribution in [3.8, 4) is 0 Å². The van der Waals surface area contributed by atoms with E-state index in [4.69, 9.17) is 51.9 Å². The predicted molar refractivity (Wildman–Crippen MR) is 214 cm³/mol. The molecule has 0 aliphatic carbocycles. The molecule has 0 fully saturated rings. The largest absolute Gasteiger partial charge is 0.397 e. The van der Waals surface area contributed by atoms with Crippen LogP contribution in [-0.4, -0.2) is 148 Å². The summed E-state index contributed by atoms with van der Waals surface area (Å²) < 4.78 is 91.6. The van der Waals surface area contributed by atoms with Crippen LogP contribution >= 0.6 is 0 Å². The van der Waals surface area contributed by atoms with Crippen LogP contribution in [0.15, 0.2) is 0 Å².